The molecule has 114 valence electrons. The molecule has 2 aromatic heterocycles. The van der Waals surface area contributed by atoms with Crippen molar-refractivity contribution in [1.82, 2.24) is 4.98 Å². The van der Waals surface area contributed by atoms with Crippen LogP contribution in [0.25, 0.3) is 0 Å². The van der Waals surface area contributed by atoms with Gasteiger partial charge in [-0.15, -0.1) is 0 Å². The third kappa shape index (κ3) is 4.18. The van der Waals surface area contributed by atoms with E-state index in [2.05, 4.69) is 15.6 Å². The first-order valence-electron chi connectivity index (χ1n) is 6.99. The molecule has 2 aromatic rings. The molecular weight excluding hydrogens is 276 g/mol. The molecule has 21 heavy (non-hydrogen) atoms. The van der Waals surface area contributed by atoms with Gasteiger partial charge in [0.1, 0.15) is 5.76 Å². The standard InChI is InChI=1S/C15H19F2N3O/c1-3-18-14-12(16)9-13(17)15(20-14)19-10(2)6-7-11-5-4-8-21-11/h4-5,8-10H,3,6-7H2,1-2H3,(H2,18,19,20). The van der Waals surface area contributed by atoms with E-state index in [1.54, 1.807) is 6.26 Å². The van der Waals surface area contributed by atoms with Crippen molar-refractivity contribution in [3.05, 3.63) is 41.9 Å². The molecule has 2 rings (SSSR count). The van der Waals surface area contributed by atoms with Crippen LogP contribution in [0, 0.1) is 11.6 Å². The van der Waals surface area contributed by atoms with E-state index in [0.717, 1.165) is 24.7 Å². The highest BCUT2D eigenvalue weighted by molar-refractivity contribution is 5.47. The minimum atomic E-state index is -0.695. The topological polar surface area (TPSA) is 50.1 Å². The van der Waals surface area contributed by atoms with Crippen molar-refractivity contribution < 1.29 is 13.2 Å². The number of aryl methyl sites for hydroxylation is 1. The lowest BCUT2D eigenvalue weighted by atomic mass is 10.1. The number of aromatic nitrogens is 1. The van der Waals surface area contributed by atoms with Crippen LogP contribution in [0.3, 0.4) is 0 Å². The summed E-state index contributed by atoms with van der Waals surface area (Å²) in [4.78, 5) is 3.95. The molecule has 0 aliphatic carbocycles. The molecule has 0 spiro atoms. The zero-order valence-electron chi connectivity index (χ0n) is 12.1. The summed E-state index contributed by atoms with van der Waals surface area (Å²) in [6, 6.07) is 4.55. The lowest BCUT2D eigenvalue weighted by Gasteiger charge is -2.15. The van der Waals surface area contributed by atoms with Gasteiger partial charge in [-0.3, -0.25) is 0 Å². The van der Waals surface area contributed by atoms with Crippen LogP contribution in [-0.2, 0) is 6.42 Å². The van der Waals surface area contributed by atoms with E-state index in [-0.39, 0.29) is 17.7 Å². The summed E-state index contributed by atoms with van der Waals surface area (Å²) >= 11 is 0. The number of furan rings is 1. The highest BCUT2D eigenvalue weighted by Gasteiger charge is 2.13. The largest absolute Gasteiger partial charge is 0.469 e. The Hall–Kier alpha value is -2.11. The second-order valence-corrected chi connectivity index (χ2v) is 4.84. The maximum absolute atomic E-state index is 13.7. The van der Waals surface area contributed by atoms with E-state index >= 15 is 0 Å². The Labute approximate surface area is 122 Å². The molecular formula is C15H19F2N3O. The van der Waals surface area contributed by atoms with Crippen molar-refractivity contribution in [2.24, 2.45) is 0 Å². The minimum absolute atomic E-state index is 0.0166. The summed E-state index contributed by atoms with van der Waals surface area (Å²) in [5, 5.41) is 5.73. The number of anilines is 2. The van der Waals surface area contributed by atoms with Crippen molar-refractivity contribution in [1.29, 1.82) is 0 Å². The summed E-state index contributed by atoms with van der Waals surface area (Å²) in [6.07, 6.45) is 3.11. The van der Waals surface area contributed by atoms with Gasteiger partial charge in [0.15, 0.2) is 23.3 Å². The van der Waals surface area contributed by atoms with Gasteiger partial charge in [-0.2, -0.15) is 0 Å². The first-order chi connectivity index (χ1) is 10.1. The van der Waals surface area contributed by atoms with Crippen LogP contribution in [-0.4, -0.2) is 17.6 Å². The highest BCUT2D eigenvalue weighted by atomic mass is 19.1. The monoisotopic (exact) mass is 295 g/mol. The van der Waals surface area contributed by atoms with Gasteiger partial charge in [-0.25, -0.2) is 13.8 Å². The number of hydrogen-bond donors (Lipinski definition) is 2. The molecule has 0 fully saturated rings. The second kappa shape index (κ2) is 7.06. The lowest BCUT2D eigenvalue weighted by Crippen LogP contribution is -2.18. The van der Waals surface area contributed by atoms with Crippen LogP contribution in [0.15, 0.2) is 28.9 Å². The molecule has 4 nitrogen and oxygen atoms in total. The normalized spacial score (nSPS) is 12.2. The Morgan fingerprint density at radius 1 is 1.29 bits per heavy atom. The number of pyridine rings is 1. The van der Waals surface area contributed by atoms with E-state index < -0.39 is 11.6 Å². The van der Waals surface area contributed by atoms with E-state index in [9.17, 15) is 8.78 Å². The fourth-order valence-corrected chi connectivity index (χ4v) is 1.98. The van der Waals surface area contributed by atoms with Gasteiger partial charge in [0.2, 0.25) is 0 Å². The third-order valence-electron chi connectivity index (χ3n) is 3.06. The van der Waals surface area contributed by atoms with Gasteiger partial charge < -0.3 is 15.1 Å². The van der Waals surface area contributed by atoms with E-state index in [0.29, 0.717) is 6.54 Å². The molecule has 0 radical (unpaired) electrons. The maximum atomic E-state index is 13.7. The van der Waals surface area contributed by atoms with Gasteiger partial charge in [0.25, 0.3) is 0 Å². The smallest absolute Gasteiger partial charge is 0.168 e. The SMILES string of the molecule is CCNc1nc(NC(C)CCc2ccco2)c(F)cc1F. The molecule has 0 aliphatic rings. The van der Waals surface area contributed by atoms with Gasteiger partial charge >= 0.3 is 0 Å². The van der Waals surface area contributed by atoms with E-state index in [4.69, 9.17) is 4.42 Å². The van der Waals surface area contributed by atoms with Crippen molar-refractivity contribution in [3.8, 4) is 0 Å². The average molecular weight is 295 g/mol. The Morgan fingerprint density at radius 3 is 2.71 bits per heavy atom. The van der Waals surface area contributed by atoms with E-state index in [1.807, 2.05) is 26.0 Å². The fourth-order valence-electron chi connectivity index (χ4n) is 1.98. The van der Waals surface area contributed by atoms with Crippen LogP contribution in [0.5, 0.6) is 0 Å². The Balaban J connectivity index is 1.99. The number of nitrogens with one attached hydrogen (secondary N) is 2. The van der Waals surface area contributed by atoms with Crippen molar-refractivity contribution in [2.45, 2.75) is 32.7 Å². The van der Waals surface area contributed by atoms with Gasteiger partial charge in [0, 0.05) is 25.1 Å². The van der Waals surface area contributed by atoms with Crippen LogP contribution in [0.4, 0.5) is 20.4 Å². The zero-order chi connectivity index (χ0) is 15.2. The second-order valence-electron chi connectivity index (χ2n) is 4.84. The first kappa shape index (κ1) is 15.3. The molecule has 2 heterocycles. The Morgan fingerprint density at radius 2 is 2.05 bits per heavy atom. The molecule has 0 saturated heterocycles. The quantitative estimate of drug-likeness (QED) is 0.815. The maximum Gasteiger partial charge on any atom is 0.168 e. The average Bonchev–Trinajstić information content (AvgIpc) is 2.95. The summed E-state index contributed by atoms with van der Waals surface area (Å²) in [5.74, 6) is -0.398. The molecule has 0 saturated carbocycles. The predicted molar refractivity (Wildman–Crippen MR) is 78.4 cm³/mol. The molecule has 6 heteroatoms. The number of halogens is 2. The molecule has 2 N–H and O–H groups in total. The lowest BCUT2D eigenvalue weighted by molar-refractivity contribution is 0.494. The number of nitrogens with zero attached hydrogens (tertiary/aromatic N) is 1. The molecule has 0 amide bonds. The van der Waals surface area contributed by atoms with Crippen molar-refractivity contribution in [2.75, 3.05) is 17.2 Å². The predicted octanol–water partition coefficient (Wildman–Crippen LogP) is 3.82. The third-order valence-corrected chi connectivity index (χ3v) is 3.06. The van der Waals surface area contributed by atoms with Crippen LogP contribution < -0.4 is 10.6 Å². The molecule has 1 unspecified atom stereocenters. The van der Waals surface area contributed by atoms with Gasteiger partial charge in [-0.1, -0.05) is 0 Å². The minimum Gasteiger partial charge on any atom is -0.469 e. The van der Waals surface area contributed by atoms with Gasteiger partial charge in [-0.05, 0) is 32.4 Å². The van der Waals surface area contributed by atoms with Crippen molar-refractivity contribution in [3.63, 3.8) is 0 Å². The van der Waals surface area contributed by atoms with Crippen LogP contribution >= 0.6 is 0 Å². The summed E-state index contributed by atoms with van der Waals surface area (Å²) < 4.78 is 32.5. The van der Waals surface area contributed by atoms with Crippen LogP contribution in [0.2, 0.25) is 0 Å². The summed E-state index contributed by atoms with van der Waals surface area (Å²) in [6.45, 7) is 4.26. The molecule has 0 bridgehead atoms. The van der Waals surface area contributed by atoms with E-state index in [1.165, 1.54) is 0 Å². The molecule has 1 atom stereocenters. The highest BCUT2D eigenvalue weighted by Crippen LogP contribution is 2.20. The van der Waals surface area contributed by atoms with Crippen molar-refractivity contribution >= 4 is 11.6 Å². The Kier molecular flexibility index (Phi) is 5.14. The summed E-state index contributed by atoms with van der Waals surface area (Å²) in [7, 11) is 0. The zero-order valence-corrected chi connectivity index (χ0v) is 12.1. The Bertz CT molecular complexity index is 573. The molecule has 0 aliphatic heterocycles. The van der Waals surface area contributed by atoms with Crippen LogP contribution in [0.1, 0.15) is 26.0 Å². The fraction of sp³-hybridized carbons (Fsp3) is 0.400. The summed E-state index contributed by atoms with van der Waals surface area (Å²) in [5.41, 5.74) is 0. The number of hydrogen-bond acceptors (Lipinski definition) is 4. The first-order valence-corrected chi connectivity index (χ1v) is 6.99. The number of rotatable bonds is 7. The van der Waals surface area contributed by atoms with Gasteiger partial charge in [0.05, 0.1) is 6.26 Å². The molecule has 0 aromatic carbocycles.